The fraction of sp³-hybridized carbons (Fsp3) is 0.292. The minimum Gasteiger partial charge on any atom is -0.480 e. The summed E-state index contributed by atoms with van der Waals surface area (Å²) in [6.07, 6.45) is -0.552. The Bertz CT molecular complexity index is 1080. The average Bonchev–Trinajstić information content (AvgIpc) is 3.20. The monoisotopic (exact) mass is 464 g/mol. The van der Waals surface area contributed by atoms with Crippen LogP contribution in [0, 0.1) is 17.2 Å². The predicted octanol–water partition coefficient (Wildman–Crippen LogP) is 1.80. The number of benzene rings is 2. The van der Waals surface area contributed by atoms with Gasteiger partial charge >= 0.3 is 12.1 Å². The summed E-state index contributed by atoms with van der Waals surface area (Å²) in [4.78, 5) is 50.0. The fourth-order valence-electron chi connectivity index (χ4n) is 3.52. The Hall–Kier alpha value is -4.39. The first-order valence-electron chi connectivity index (χ1n) is 10.7. The third kappa shape index (κ3) is 6.56. The Labute approximate surface area is 196 Å². The Kier molecular flexibility index (Phi) is 8.18. The van der Waals surface area contributed by atoms with E-state index in [-0.39, 0.29) is 25.5 Å². The molecule has 0 saturated carbocycles. The number of nitrogens with one attached hydrogen (secondary N) is 2. The number of alkyl carbamates (subject to hydrolysis) is 1. The van der Waals surface area contributed by atoms with Crippen molar-refractivity contribution in [3.8, 4) is 6.07 Å². The minimum atomic E-state index is -1.39. The Morgan fingerprint density at radius 1 is 1.15 bits per heavy atom. The molecule has 1 aliphatic heterocycles. The number of nitriles is 1. The quantitative estimate of drug-likeness (QED) is 0.512. The van der Waals surface area contributed by atoms with Crippen LogP contribution < -0.4 is 15.5 Å². The number of aliphatic carboxylic acids is 1. The molecule has 0 radical (unpaired) electrons. The number of rotatable bonds is 9. The SMILES string of the molecule is N#Cc1ccc(N2CC[C@@H](CC(=O)NC[C@H](NC(=O)OCc3ccccc3)C(=O)O)C2=O)cc1. The molecule has 1 heterocycles. The van der Waals surface area contributed by atoms with Crippen LogP contribution in [0.25, 0.3) is 0 Å². The molecule has 1 aliphatic rings. The van der Waals surface area contributed by atoms with Crippen LogP contribution in [-0.4, -0.2) is 48.1 Å². The summed E-state index contributed by atoms with van der Waals surface area (Å²) in [5.74, 6) is -2.58. The van der Waals surface area contributed by atoms with E-state index in [0.717, 1.165) is 5.56 Å². The van der Waals surface area contributed by atoms with Gasteiger partial charge < -0.3 is 25.4 Å². The predicted molar refractivity (Wildman–Crippen MR) is 120 cm³/mol. The van der Waals surface area contributed by atoms with Crippen LogP contribution in [0.5, 0.6) is 0 Å². The van der Waals surface area contributed by atoms with Gasteiger partial charge in [0.05, 0.1) is 11.6 Å². The molecule has 3 rings (SSSR count). The molecule has 10 heteroatoms. The number of nitrogens with zero attached hydrogens (tertiary/aromatic N) is 2. The Morgan fingerprint density at radius 2 is 1.85 bits per heavy atom. The van der Waals surface area contributed by atoms with Gasteiger partial charge in [0.15, 0.2) is 0 Å². The average molecular weight is 464 g/mol. The van der Waals surface area contributed by atoms with Crippen LogP contribution in [0.1, 0.15) is 24.0 Å². The van der Waals surface area contributed by atoms with Crippen molar-refractivity contribution in [3.05, 3.63) is 65.7 Å². The molecule has 2 aromatic carbocycles. The van der Waals surface area contributed by atoms with Gasteiger partial charge in [-0.3, -0.25) is 9.59 Å². The second-order valence-electron chi connectivity index (χ2n) is 7.74. The van der Waals surface area contributed by atoms with Gasteiger partial charge in [-0.15, -0.1) is 0 Å². The van der Waals surface area contributed by atoms with E-state index in [1.54, 1.807) is 53.4 Å². The van der Waals surface area contributed by atoms with E-state index >= 15 is 0 Å². The zero-order valence-electron chi connectivity index (χ0n) is 18.3. The second-order valence-corrected chi connectivity index (χ2v) is 7.74. The zero-order chi connectivity index (χ0) is 24.5. The van der Waals surface area contributed by atoms with E-state index in [1.807, 2.05) is 12.1 Å². The van der Waals surface area contributed by atoms with E-state index in [2.05, 4.69) is 10.6 Å². The van der Waals surface area contributed by atoms with Gasteiger partial charge in [-0.25, -0.2) is 9.59 Å². The summed E-state index contributed by atoms with van der Waals surface area (Å²) in [6.45, 7) is 0.0645. The molecule has 1 fully saturated rings. The van der Waals surface area contributed by atoms with Crippen LogP contribution in [0.15, 0.2) is 54.6 Å². The molecule has 34 heavy (non-hydrogen) atoms. The van der Waals surface area contributed by atoms with Crippen molar-refractivity contribution in [3.63, 3.8) is 0 Å². The highest BCUT2D eigenvalue weighted by Crippen LogP contribution is 2.27. The lowest BCUT2D eigenvalue weighted by atomic mass is 10.0. The number of carboxylic acids is 1. The van der Waals surface area contributed by atoms with Crippen molar-refractivity contribution in [2.45, 2.75) is 25.5 Å². The summed E-state index contributed by atoms with van der Waals surface area (Å²) in [5.41, 5.74) is 1.88. The first kappa shape index (κ1) is 24.3. The molecule has 0 unspecified atom stereocenters. The van der Waals surface area contributed by atoms with Crippen molar-refractivity contribution >= 4 is 29.6 Å². The molecular weight excluding hydrogens is 440 g/mol. The Morgan fingerprint density at radius 3 is 2.50 bits per heavy atom. The number of carboxylic acid groups (broad SMARTS) is 1. The second kappa shape index (κ2) is 11.5. The number of amides is 3. The molecule has 176 valence electrons. The number of carbonyl (C=O) groups excluding carboxylic acids is 3. The largest absolute Gasteiger partial charge is 0.480 e. The normalized spacial score (nSPS) is 15.8. The van der Waals surface area contributed by atoms with Crippen molar-refractivity contribution < 1.29 is 29.0 Å². The van der Waals surface area contributed by atoms with Crippen LogP contribution in [0.3, 0.4) is 0 Å². The van der Waals surface area contributed by atoms with Gasteiger partial charge in [0.25, 0.3) is 0 Å². The third-order valence-corrected chi connectivity index (χ3v) is 5.36. The maximum atomic E-state index is 12.7. The molecule has 10 nitrogen and oxygen atoms in total. The summed E-state index contributed by atoms with van der Waals surface area (Å²) in [7, 11) is 0. The number of hydrogen-bond donors (Lipinski definition) is 3. The molecule has 2 atom stereocenters. The van der Waals surface area contributed by atoms with Crippen LogP contribution in [-0.2, 0) is 25.7 Å². The zero-order valence-corrected chi connectivity index (χ0v) is 18.3. The van der Waals surface area contributed by atoms with Gasteiger partial charge in [0.2, 0.25) is 11.8 Å². The molecule has 3 amide bonds. The number of carbonyl (C=O) groups is 4. The highest BCUT2D eigenvalue weighted by molar-refractivity contribution is 5.99. The molecule has 2 aromatic rings. The van der Waals surface area contributed by atoms with Gasteiger partial charge in [0, 0.05) is 31.1 Å². The first-order chi connectivity index (χ1) is 16.4. The van der Waals surface area contributed by atoms with E-state index in [0.29, 0.717) is 24.2 Å². The smallest absolute Gasteiger partial charge is 0.408 e. The van der Waals surface area contributed by atoms with Crippen molar-refractivity contribution in [2.75, 3.05) is 18.0 Å². The standard InChI is InChI=1S/C24H24N4O6/c25-13-16-6-8-19(9-7-16)28-11-10-18(22(28)30)12-21(29)26-14-20(23(31)32)27-24(33)34-15-17-4-2-1-3-5-17/h1-9,18,20H,10-12,14-15H2,(H,26,29)(H,27,33)(H,31,32)/t18-,20-/m0/s1. The summed E-state index contributed by atoms with van der Waals surface area (Å²) in [6, 6.07) is 16.1. The van der Waals surface area contributed by atoms with Crippen molar-refractivity contribution in [1.82, 2.24) is 10.6 Å². The van der Waals surface area contributed by atoms with Gasteiger partial charge in [-0.1, -0.05) is 30.3 Å². The molecule has 0 bridgehead atoms. The molecule has 0 aromatic heterocycles. The highest BCUT2D eigenvalue weighted by atomic mass is 16.5. The van der Waals surface area contributed by atoms with E-state index in [9.17, 15) is 24.3 Å². The summed E-state index contributed by atoms with van der Waals surface area (Å²) < 4.78 is 5.01. The van der Waals surface area contributed by atoms with Gasteiger partial charge in [-0.2, -0.15) is 5.26 Å². The Balaban J connectivity index is 1.45. The van der Waals surface area contributed by atoms with Gasteiger partial charge in [-0.05, 0) is 36.2 Å². The number of ether oxygens (including phenoxy) is 1. The maximum Gasteiger partial charge on any atom is 0.408 e. The van der Waals surface area contributed by atoms with E-state index in [4.69, 9.17) is 10.00 Å². The summed E-state index contributed by atoms with van der Waals surface area (Å²) >= 11 is 0. The molecule has 0 aliphatic carbocycles. The minimum absolute atomic E-state index is 0.0229. The lowest BCUT2D eigenvalue weighted by Crippen LogP contribution is -2.48. The first-order valence-corrected chi connectivity index (χ1v) is 10.7. The number of hydrogen-bond acceptors (Lipinski definition) is 6. The summed E-state index contributed by atoms with van der Waals surface area (Å²) in [5, 5.41) is 22.9. The molecule has 1 saturated heterocycles. The highest BCUT2D eigenvalue weighted by Gasteiger charge is 2.34. The topological polar surface area (TPSA) is 149 Å². The van der Waals surface area contributed by atoms with Crippen LogP contribution in [0.4, 0.5) is 10.5 Å². The van der Waals surface area contributed by atoms with Crippen LogP contribution in [0.2, 0.25) is 0 Å². The van der Waals surface area contributed by atoms with Crippen LogP contribution >= 0.6 is 0 Å². The van der Waals surface area contributed by atoms with Crippen molar-refractivity contribution in [1.29, 1.82) is 5.26 Å². The van der Waals surface area contributed by atoms with Gasteiger partial charge in [0.1, 0.15) is 12.6 Å². The molecule has 0 spiro atoms. The molecular formula is C24H24N4O6. The van der Waals surface area contributed by atoms with E-state index < -0.39 is 29.9 Å². The fourth-order valence-corrected chi connectivity index (χ4v) is 3.52. The number of anilines is 1. The maximum absolute atomic E-state index is 12.7. The lowest BCUT2D eigenvalue weighted by molar-refractivity contribution is -0.139. The van der Waals surface area contributed by atoms with Crippen molar-refractivity contribution in [2.24, 2.45) is 5.92 Å². The lowest BCUT2D eigenvalue weighted by Gasteiger charge is -2.18. The third-order valence-electron chi connectivity index (χ3n) is 5.36. The molecule has 3 N–H and O–H groups in total. The van der Waals surface area contributed by atoms with E-state index in [1.165, 1.54) is 0 Å².